The Kier molecular flexibility index (Phi) is 6.95. The maximum Gasteiger partial charge on any atom is 0.573 e. The van der Waals surface area contributed by atoms with Crippen LogP contribution in [-0.4, -0.2) is 51.7 Å². The Balaban J connectivity index is 2.55. The molecule has 30 heavy (non-hydrogen) atoms. The van der Waals surface area contributed by atoms with Crippen molar-refractivity contribution in [1.82, 2.24) is 9.47 Å². The summed E-state index contributed by atoms with van der Waals surface area (Å²) in [5.74, 6) is -1.12. The molecule has 7 nitrogen and oxygen atoms in total. The number of fused-ring (bicyclic) bond motifs is 1. The summed E-state index contributed by atoms with van der Waals surface area (Å²) in [4.78, 5) is 25.3. The van der Waals surface area contributed by atoms with E-state index < -0.39 is 29.7 Å². The molecule has 0 fully saturated rings. The Morgan fingerprint density at radius 3 is 2.33 bits per heavy atom. The molecule has 11 heteroatoms. The minimum atomic E-state index is -4.87. The topological polar surface area (TPSA) is 81.0 Å². The molecule has 0 unspecified atom stereocenters. The van der Waals surface area contributed by atoms with E-state index in [1.807, 2.05) is 0 Å². The molecule has 1 aromatic heterocycles. The smallest absolute Gasteiger partial charge is 0.465 e. The van der Waals surface area contributed by atoms with Crippen LogP contribution in [0.2, 0.25) is 0 Å². The summed E-state index contributed by atoms with van der Waals surface area (Å²) in [5, 5.41) is 9.81. The number of carboxylic acid groups (broad SMARTS) is 1. The van der Waals surface area contributed by atoms with Crippen LogP contribution >= 0.6 is 15.9 Å². The van der Waals surface area contributed by atoms with Gasteiger partial charge in [0.1, 0.15) is 11.4 Å². The molecule has 1 heterocycles. The summed E-state index contributed by atoms with van der Waals surface area (Å²) in [5.41, 5.74) is -0.174. The molecular formula is C19H22BrF3N2O5. The number of esters is 1. The number of hydrogen-bond donors (Lipinski definition) is 1. The van der Waals surface area contributed by atoms with Gasteiger partial charge in [-0.3, -0.25) is 0 Å². The van der Waals surface area contributed by atoms with Crippen LogP contribution in [0.3, 0.4) is 0 Å². The molecule has 0 atom stereocenters. The zero-order valence-electron chi connectivity index (χ0n) is 16.8. The van der Waals surface area contributed by atoms with Crippen molar-refractivity contribution in [2.75, 3.05) is 13.2 Å². The van der Waals surface area contributed by atoms with Gasteiger partial charge in [0.15, 0.2) is 0 Å². The summed E-state index contributed by atoms with van der Waals surface area (Å²) in [7, 11) is 0. The van der Waals surface area contributed by atoms with E-state index in [-0.39, 0.29) is 29.9 Å². The van der Waals surface area contributed by atoms with Crippen molar-refractivity contribution in [2.45, 2.75) is 46.1 Å². The maximum absolute atomic E-state index is 12.6. The predicted molar refractivity (Wildman–Crippen MR) is 107 cm³/mol. The van der Waals surface area contributed by atoms with E-state index >= 15 is 0 Å². The minimum absolute atomic E-state index is 0.0439. The van der Waals surface area contributed by atoms with Crippen LogP contribution in [0.5, 0.6) is 5.75 Å². The van der Waals surface area contributed by atoms with Crippen molar-refractivity contribution < 1.29 is 37.3 Å². The third-order valence-corrected chi connectivity index (χ3v) is 4.83. The van der Waals surface area contributed by atoms with E-state index in [9.17, 15) is 27.9 Å². The molecule has 2 rings (SSSR count). The zero-order chi connectivity index (χ0) is 22.9. The number of aromatic nitrogens is 1. The molecule has 0 aliphatic heterocycles. The van der Waals surface area contributed by atoms with Crippen molar-refractivity contribution in [1.29, 1.82) is 0 Å². The molecular weight excluding hydrogens is 473 g/mol. The van der Waals surface area contributed by atoms with Gasteiger partial charge in [-0.15, -0.1) is 13.2 Å². The lowest BCUT2D eigenvalue weighted by Gasteiger charge is -2.33. The van der Waals surface area contributed by atoms with Crippen molar-refractivity contribution >= 4 is 38.9 Å². The number of carbonyl (C=O) groups is 2. The first kappa shape index (κ1) is 23.8. The lowest BCUT2D eigenvalue weighted by Crippen LogP contribution is -2.46. The average molecular weight is 495 g/mol. The maximum atomic E-state index is 12.6. The van der Waals surface area contributed by atoms with Gasteiger partial charge in [-0.2, -0.15) is 0 Å². The van der Waals surface area contributed by atoms with Gasteiger partial charge in [-0.05, 0) is 61.8 Å². The normalized spacial score (nSPS) is 12.1. The first-order valence-corrected chi connectivity index (χ1v) is 9.80. The fraction of sp³-hybridized carbons (Fsp3) is 0.474. The van der Waals surface area contributed by atoms with Crippen LogP contribution in [0.4, 0.5) is 18.0 Å². The summed E-state index contributed by atoms with van der Waals surface area (Å²) in [6, 6.07) is 3.69. The number of benzene rings is 1. The molecule has 0 saturated carbocycles. The minimum Gasteiger partial charge on any atom is -0.465 e. The van der Waals surface area contributed by atoms with E-state index in [2.05, 4.69) is 20.7 Å². The Morgan fingerprint density at radius 1 is 1.20 bits per heavy atom. The van der Waals surface area contributed by atoms with E-state index in [4.69, 9.17) is 4.74 Å². The Morgan fingerprint density at radius 2 is 1.83 bits per heavy atom. The van der Waals surface area contributed by atoms with E-state index in [0.29, 0.717) is 10.9 Å². The third-order valence-electron chi connectivity index (χ3n) is 4.23. The molecule has 0 radical (unpaired) electrons. The molecule has 2 aromatic rings. The summed E-state index contributed by atoms with van der Waals surface area (Å²) in [6.07, 6.45) is -5.99. The highest BCUT2D eigenvalue weighted by Gasteiger charge is 2.32. The van der Waals surface area contributed by atoms with Crippen molar-refractivity contribution in [3.8, 4) is 5.75 Å². The van der Waals surface area contributed by atoms with Crippen LogP contribution < -0.4 is 4.74 Å². The SMILES string of the molecule is CCOC(=O)c1cc2cc(OC(F)(F)F)cc(Br)c2n1CCN(C(=O)O)C(C)(C)C. The van der Waals surface area contributed by atoms with Crippen LogP contribution in [0.25, 0.3) is 10.9 Å². The second-order valence-corrected chi connectivity index (χ2v) is 8.25. The van der Waals surface area contributed by atoms with Crippen LogP contribution in [0, 0.1) is 0 Å². The van der Waals surface area contributed by atoms with Gasteiger partial charge in [0.05, 0.1) is 12.1 Å². The van der Waals surface area contributed by atoms with E-state index in [0.717, 1.165) is 12.1 Å². The molecule has 166 valence electrons. The van der Waals surface area contributed by atoms with E-state index in [1.54, 1.807) is 27.7 Å². The van der Waals surface area contributed by atoms with Gasteiger partial charge in [0, 0.05) is 28.5 Å². The predicted octanol–water partition coefficient (Wildman–Crippen LogP) is 5.26. The molecule has 0 aliphatic carbocycles. The Hall–Kier alpha value is -2.43. The summed E-state index contributed by atoms with van der Waals surface area (Å²) in [6.45, 7) is 7.06. The van der Waals surface area contributed by atoms with Crippen molar-refractivity contribution in [3.05, 3.63) is 28.4 Å². The lowest BCUT2D eigenvalue weighted by molar-refractivity contribution is -0.274. The number of halogens is 4. The molecule has 0 bridgehead atoms. The highest BCUT2D eigenvalue weighted by atomic mass is 79.9. The largest absolute Gasteiger partial charge is 0.573 e. The number of rotatable bonds is 6. The van der Waals surface area contributed by atoms with Gasteiger partial charge >= 0.3 is 18.4 Å². The Bertz CT molecular complexity index is 950. The molecule has 1 N–H and O–H groups in total. The van der Waals surface area contributed by atoms with E-state index in [1.165, 1.54) is 15.5 Å². The van der Waals surface area contributed by atoms with Crippen LogP contribution in [0.1, 0.15) is 38.2 Å². The van der Waals surface area contributed by atoms with Crippen LogP contribution in [0.15, 0.2) is 22.7 Å². The highest BCUT2D eigenvalue weighted by molar-refractivity contribution is 9.10. The molecule has 1 aromatic carbocycles. The van der Waals surface area contributed by atoms with Gasteiger partial charge < -0.3 is 24.0 Å². The fourth-order valence-corrected chi connectivity index (χ4v) is 3.72. The van der Waals surface area contributed by atoms with Crippen molar-refractivity contribution in [3.63, 3.8) is 0 Å². The highest BCUT2D eigenvalue weighted by Crippen LogP contribution is 2.35. The van der Waals surface area contributed by atoms with Crippen molar-refractivity contribution in [2.24, 2.45) is 0 Å². The fourth-order valence-electron chi connectivity index (χ4n) is 3.05. The molecule has 0 saturated heterocycles. The number of amides is 1. The van der Waals surface area contributed by atoms with Gasteiger partial charge in [0.25, 0.3) is 0 Å². The Labute approximate surface area is 179 Å². The van der Waals surface area contributed by atoms with Crippen LogP contribution in [-0.2, 0) is 11.3 Å². The number of alkyl halides is 3. The number of carbonyl (C=O) groups excluding carboxylic acids is 1. The monoisotopic (exact) mass is 494 g/mol. The number of nitrogens with zero attached hydrogens (tertiary/aromatic N) is 2. The quantitative estimate of drug-likeness (QED) is 0.554. The third kappa shape index (κ3) is 5.59. The molecule has 1 amide bonds. The molecule has 0 spiro atoms. The first-order valence-electron chi connectivity index (χ1n) is 9.00. The van der Waals surface area contributed by atoms with Gasteiger partial charge in [-0.25, -0.2) is 9.59 Å². The van der Waals surface area contributed by atoms with Gasteiger partial charge in [-0.1, -0.05) is 0 Å². The number of ether oxygens (including phenoxy) is 2. The standard InChI is InChI=1S/C19H22BrF3N2O5/c1-5-29-16(26)14-9-11-8-12(30-19(21,22)23)10-13(20)15(11)24(14)6-7-25(17(27)28)18(2,3)4/h8-10H,5-7H2,1-4H3,(H,27,28). The first-order chi connectivity index (χ1) is 13.7. The number of hydrogen-bond acceptors (Lipinski definition) is 4. The summed E-state index contributed by atoms with van der Waals surface area (Å²) < 4.78 is 48.6. The zero-order valence-corrected chi connectivity index (χ0v) is 18.4. The summed E-state index contributed by atoms with van der Waals surface area (Å²) >= 11 is 3.23. The molecule has 0 aliphatic rings. The second-order valence-electron chi connectivity index (χ2n) is 7.40. The second kappa shape index (κ2) is 8.75. The van der Waals surface area contributed by atoms with Gasteiger partial charge in [0.2, 0.25) is 0 Å². The lowest BCUT2D eigenvalue weighted by atomic mass is 10.1. The average Bonchev–Trinajstić information content (AvgIpc) is 2.91.